The van der Waals surface area contributed by atoms with Crippen molar-refractivity contribution < 1.29 is 24.0 Å². The second-order valence-electron chi connectivity index (χ2n) is 2.91. The van der Waals surface area contributed by atoms with Crippen LogP contribution in [0.1, 0.15) is 13.8 Å². The van der Waals surface area contributed by atoms with Gasteiger partial charge in [0, 0.05) is 0 Å². The van der Waals surface area contributed by atoms with E-state index in [-0.39, 0.29) is 0 Å². The number of hydrogen-bond acceptors (Lipinski definition) is 6. The minimum absolute atomic E-state index is 0.432. The smallest absolute Gasteiger partial charge is 0.432 e. The third-order valence-corrected chi connectivity index (χ3v) is 1.31. The lowest BCUT2D eigenvalue weighted by molar-refractivity contribution is -0.137. The van der Waals surface area contributed by atoms with Gasteiger partial charge in [0.05, 0.1) is 0 Å². The Balaban J connectivity index is 4.04. The minimum Gasteiger partial charge on any atom is -0.432 e. The third-order valence-electron chi connectivity index (χ3n) is 1.31. The quantitative estimate of drug-likeness (QED) is 0.224. The summed E-state index contributed by atoms with van der Waals surface area (Å²) in [5, 5.41) is 0. The van der Waals surface area contributed by atoms with Crippen LogP contribution in [0.25, 0.3) is 0 Å². The molecule has 0 aromatic carbocycles. The lowest BCUT2D eigenvalue weighted by Crippen LogP contribution is -2.49. The number of carbonyl (C=O) groups excluding carboxylic acids is 3. The van der Waals surface area contributed by atoms with Crippen molar-refractivity contribution >= 4 is 18.3 Å². The van der Waals surface area contributed by atoms with Gasteiger partial charge in [0.25, 0.3) is 5.91 Å². The molecule has 1 radical (unpaired) electrons. The average Bonchev–Trinajstić information content (AvgIpc) is 2.16. The topological polar surface area (TPSA) is 120 Å². The van der Waals surface area contributed by atoms with Crippen LogP contribution in [0.3, 0.4) is 0 Å². The van der Waals surface area contributed by atoms with Gasteiger partial charge in [-0.15, -0.1) is 0 Å². The maximum absolute atomic E-state index is 11.1. The van der Waals surface area contributed by atoms with E-state index in [1.165, 1.54) is 20.1 Å². The molecule has 0 heterocycles. The number of hydrazine groups is 1. The number of nitrogens with one attached hydrogen (secondary N) is 2. The van der Waals surface area contributed by atoms with Crippen LogP contribution >= 0.6 is 0 Å². The Kier molecular flexibility index (Phi) is 5.27. The first-order valence-corrected chi connectivity index (χ1v) is 3.91. The second kappa shape index (κ2) is 5.94. The zero-order valence-electron chi connectivity index (χ0n) is 8.33. The molecule has 0 aliphatic rings. The summed E-state index contributed by atoms with van der Waals surface area (Å²) >= 11 is 0. The molecule has 0 aromatic rings. The number of nitrogens with two attached hydrogens (primary N) is 1. The van der Waals surface area contributed by atoms with Gasteiger partial charge < -0.3 is 4.74 Å². The first-order valence-electron chi connectivity index (χ1n) is 3.91. The summed E-state index contributed by atoms with van der Waals surface area (Å²) < 4.78 is 4.64. The molecule has 0 saturated heterocycles. The number of ether oxygens (including phenoxy) is 1. The lowest BCUT2D eigenvalue weighted by Gasteiger charge is -2.22. The summed E-state index contributed by atoms with van der Waals surface area (Å²) in [6.07, 6.45) is 0.363. The molecule has 0 aromatic heterocycles. The molecule has 8 nitrogen and oxygen atoms in total. The van der Waals surface area contributed by atoms with Crippen molar-refractivity contribution in [3.05, 3.63) is 0 Å². The molecule has 0 spiro atoms. The van der Waals surface area contributed by atoms with Crippen LogP contribution in [0, 0.1) is 0 Å². The van der Waals surface area contributed by atoms with Gasteiger partial charge in [-0.05, 0) is 13.8 Å². The summed E-state index contributed by atoms with van der Waals surface area (Å²) in [6.45, 7) is 2.24. The van der Waals surface area contributed by atoms with Crippen molar-refractivity contribution in [1.29, 1.82) is 0 Å². The summed E-state index contributed by atoms with van der Waals surface area (Å²) in [6, 6.07) is 0. The molecule has 0 unspecified atom stereocenters. The zero-order chi connectivity index (χ0) is 11.9. The van der Waals surface area contributed by atoms with Crippen LogP contribution in [-0.2, 0) is 19.2 Å². The SMILES string of the molecule is CC(C)(OC(=O)NOC[C]=O)C(=O)NN. The monoisotopic (exact) mass is 218 g/mol. The fraction of sp³-hybridized carbons (Fsp3) is 0.571. The number of carbonyl (C=O) groups is 2. The Morgan fingerprint density at radius 3 is 2.53 bits per heavy atom. The molecular formula is C7H12N3O5. The van der Waals surface area contributed by atoms with Crippen molar-refractivity contribution in [3.8, 4) is 0 Å². The molecule has 0 saturated carbocycles. The maximum Gasteiger partial charge on any atom is 0.432 e. The van der Waals surface area contributed by atoms with Crippen molar-refractivity contribution in [2.75, 3.05) is 6.61 Å². The molecule has 4 N–H and O–H groups in total. The molecule has 8 heteroatoms. The molecule has 15 heavy (non-hydrogen) atoms. The van der Waals surface area contributed by atoms with E-state index in [0.717, 1.165) is 0 Å². The molecule has 0 aliphatic heterocycles. The minimum atomic E-state index is -1.44. The van der Waals surface area contributed by atoms with E-state index in [1.807, 2.05) is 5.43 Å². The van der Waals surface area contributed by atoms with Crippen LogP contribution in [0.2, 0.25) is 0 Å². The standard InChI is InChI=1S/C7H12N3O5/c1-7(2,5(12)9-8)15-6(13)10-14-4-3-11/h4,8H2,1-2H3,(H,9,12)(H,10,13). The predicted molar refractivity (Wildman–Crippen MR) is 47.7 cm³/mol. The highest BCUT2D eigenvalue weighted by atomic mass is 16.7. The van der Waals surface area contributed by atoms with Gasteiger partial charge in [0.1, 0.15) is 6.61 Å². The van der Waals surface area contributed by atoms with Gasteiger partial charge in [0.2, 0.25) is 6.29 Å². The first kappa shape index (κ1) is 13.3. The normalized spacial score (nSPS) is 10.3. The van der Waals surface area contributed by atoms with Crippen molar-refractivity contribution in [1.82, 2.24) is 10.9 Å². The second-order valence-corrected chi connectivity index (χ2v) is 2.91. The molecule has 0 bridgehead atoms. The number of rotatable bonds is 5. The Hall–Kier alpha value is -1.67. The number of hydroxylamine groups is 1. The number of hydrogen-bond donors (Lipinski definition) is 3. The highest BCUT2D eigenvalue weighted by Crippen LogP contribution is 2.08. The maximum atomic E-state index is 11.1. The summed E-state index contributed by atoms with van der Waals surface area (Å²) in [5.41, 5.74) is 2.17. The third kappa shape index (κ3) is 4.93. The van der Waals surface area contributed by atoms with Crippen molar-refractivity contribution in [3.63, 3.8) is 0 Å². The summed E-state index contributed by atoms with van der Waals surface area (Å²) in [7, 11) is 0. The van der Waals surface area contributed by atoms with E-state index in [4.69, 9.17) is 5.84 Å². The predicted octanol–water partition coefficient (Wildman–Crippen LogP) is -1.48. The van der Waals surface area contributed by atoms with Crippen molar-refractivity contribution in [2.45, 2.75) is 19.4 Å². The Morgan fingerprint density at radius 2 is 2.07 bits per heavy atom. The van der Waals surface area contributed by atoms with Crippen LogP contribution in [0.4, 0.5) is 4.79 Å². The van der Waals surface area contributed by atoms with Gasteiger partial charge in [-0.3, -0.25) is 19.9 Å². The fourth-order valence-corrected chi connectivity index (χ4v) is 0.597. The Morgan fingerprint density at radius 1 is 1.47 bits per heavy atom. The Labute approximate surface area is 86.0 Å². The van der Waals surface area contributed by atoms with E-state index in [0.29, 0.717) is 0 Å². The van der Waals surface area contributed by atoms with Crippen molar-refractivity contribution in [2.24, 2.45) is 5.84 Å². The van der Waals surface area contributed by atoms with Crippen LogP contribution in [0.5, 0.6) is 0 Å². The molecule has 2 amide bonds. The van der Waals surface area contributed by atoms with E-state index in [2.05, 4.69) is 9.57 Å². The Bertz CT molecular complexity index is 253. The summed E-state index contributed by atoms with van der Waals surface area (Å²) in [4.78, 5) is 36.0. The lowest BCUT2D eigenvalue weighted by atomic mass is 10.1. The molecular weight excluding hydrogens is 206 g/mol. The summed E-state index contributed by atoms with van der Waals surface area (Å²) in [5.74, 6) is 4.18. The average molecular weight is 218 g/mol. The van der Waals surface area contributed by atoms with Gasteiger partial charge in [-0.2, -0.15) is 5.48 Å². The van der Waals surface area contributed by atoms with Crippen LogP contribution < -0.4 is 16.7 Å². The van der Waals surface area contributed by atoms with Gasteiger partial charge in [0.15, 0.2) is 5.60 Å². The molecule has 85 valence electrons. The van der Waals surface area contributed by atoms with E-state index in [1.54, 1.807) is 5.48 Å². The molecule has 0 fully saturated rings. The highest BCUT2D eigenvalue weighted by molar-refractivity contribution is 5.86. The van der Waals surface area contributed by atoms with Gasteiger partial charge in [-0.1, -0.05) is 0 Å². The van der Waals surface area contributed by atoms with Gasteiger partial charge in [-0.25, -0.2) is 10.6 Å². The number of amides is 2. The molecule has 0 rings (SSSR count). The van der Waals surface area contributed by atoms with Gasteiger partial charge >= 0.3 is 6.09 Å². The molecule has 0 atom stereocenters. The molecule has 0 aliphatic carbocycles. The fourth-order valence-electron chi connectivity index (χ4n) is 0.597. The van der Waals surface area contributed by atoms with E-state index < -0.39 is 24.2 Å². The highest BCUT2D eigenvalue weighted by Gasteiger charge is 2.31. The first-order chi connectivity index (χ1) is 6.94. The van der Waals surface area contributed by atoms with E-state index in [9.17, 15) is 14.4 Å². The zero-order valence-corrected chi connectivity index (χ0v) is 8.33. The largest absolute Gasteiger partial charge is 0.432 e. The van der Waals surface area contributed by atoms with E-state index >= 15 is 0 Å². The van der Waals surface area contributed by atoms with Crippen LogP contribution in [0.15, 0.2) is 0 Å². The van der Waals surface area contributed by atoms with Crippen LogP contribution in [-0.4, -0.2) is 30.5 Å².